The maximum absolute atomic E-state index is 13.4. The fraction of sp³-hybridized carbons (Fsp3) is 0.185. The highest BCUT2D eigenvalue weighted by molar-refractivity contribution is 6.36. The Morgan fingerprint density at radius 2 is 1.50 bits per heavy atom. The van der Waals surface area contributed by atoms with Gasteiger partial charge in [0.2, 0.25) is 0 Å². The molecule has 4 rings (SSSR count). The van der Waals surface area contributed by atoms with E-state index in [4.69, 9.17) is 9.47 Å². The van der Waals surface area contributed by atoms with E-state index in [-0.39, 0.29) is 23.6 Å². The number of anilines is 1. The molecule has 0 saturated heterocycles. The minimum Gasteiger partial charge on any atom is -0.490 e. The Morgan fingerprint density at radius 3 is 2.18 bits per heavy atom. The van der Waals surface area contributed by atoms with Crippen LogP contribution in [0.2, 0.25) is 0 Å². The van der Waals surface area contributed by atoms with Crippen molar-refractivity contribution >= 4 is 23.1 Å². The molecule has 1 heterocycles. The van der Waals surface area contributed by atoms with Crippen molar-refractivity contribution in [1.29, 1.82) is 0 Å². The van der Waals surface area contributed by atoms with Crippen molar-refractivity contribution in [3.8, 4) is 11.5 Å². The zero-order valence-corrected chi connectivity index (χ0v) is 19.0. The van der Waals surface area contributed by atoms with Crippen LogP contribution in [0.5, 0.6) is 11.5 Å². The van der Waals surface area contributed by atoms with E-state index >= 15 is 0 Å². The van der Waals surface area contributed by atoms with E-state index in [1.165, 1.54) is 12.1 Å². The lowest BCUT2D eigenvalue weighted by Crippen LogP contribution is -2.32. The number of carbonyl (C=O) groups excluding carboxylic acids is 2. The number of hydrogen-bond donors (Lipinski definition) is 1. The lowest BCUT2D eigenvalue weighted by molar-refractivity contribution is -0.137. The van der Waals surface area contributed by atoms with Crippen molar-refractivity contribution in [2.24, 2.45) is 0 Å². The predicted molar refractivity (Wildman–Crippen MR) is 128 cm³/mol. The largest absolute Gasteiger partial charge is 0.490 e. The van der Waals surface area contributed by atoms with E-state index in [2.05, 4.69) is 5.32 Å². The zero-order valence-electron chi connectivity index (χ0n) is 19.0. The van der Waals surface area contributed by atoms with Gasteiger partial charge in [0, 0.05) is 11.8 Å². The van der Waals surface area contributed by atoms with E-state index in [0.717, 1.165) is 4.90 Å². The van der Waals surface area contributed by atoms with Gasteiger partial charge in [0.15, 0.2) is 11.5 Å². The summed E-state index contributed by atoms with van der Waals surface area (Å²) in [6.45, 7) is 4.73. The summed E-state index contributed by atoms with van der Waals surface area (Å²) >= 11 is 0. The molecule has 6 nitrogen and oxygen atoms in total. The van der Waals surface area contributed by atoms with Gasteiger partial charge in [-0.05, 0) is 49.2 Å². The Hall–Kier alpha value is -4.13. The number of hydrogen-bond acceptors (Lipinski definition) is 5. The van der Waals surface area contributed by atoms with Gasteiger partial charge < -0.3 is 14.8 Å². The lowest BCUT2D eigenvalue weighted by Gasteiger charge is -2.16. The summed E-state index contributed by atoms with van der Waals surface area (Å²) in [5.74, 6) is -0.122. The van der Waals surface area contributed by atoms with Gasteiger partial charge in [-0.15, -0.1) is 0 Å². The summed E-state index contributed by atoms with van der Waals surface area (Å²) in [5.41, 5.74) is 2.31. The summed E-state index contributed by atoms with van der Waals surface area (Å²) < 4.78 is 24.6. The Balaban J connectivity index is 1.70. The second-order valence-corrected chi connectivity index (χ2v) is 7.59. The maximum Gasteiger partial charge on any atom is 0.278 e. The first-order valence-corrected chi connectivity index (χ1v) is 11.1. The minimum atomic E-state index is -0.458. The van der Waals surface area contributed by atoms with Crippen LogP contribution in [0.25, 0.3) is 5.57 Å². The second-order valence-electron chi connectivity index (χ2n) is 7.59. The average Bonchev–Trinajstić information content (AvgIpc) is 3.07. The molecule has 0 aromatic heterocycles. The first-order valence-electron chi connectivity index (χ1n) is 11.1. The topological polar surface area (TPSA) is 67.9 Å². The molecular formula is C27H25FN2O4. The number of rotatable bonds is 9. The molecule has 0 radical (unpaired) electrons. The Kier molecular flexibility index (Phi) is 6.92. The number of benzene rings is 3. The van der Waals surface area contributed by atoms with E-state index in [1.807, 2.05) is 32.0 Å². The normalized spacial score (nSPS) is 13.4. The molecule has 1 aliphatic rings. The van der Waals surface area contributed by atoms with E-state index < -0.39 is 11.8 Å². The molecule has 3 aromatic carbocycles. The monoisotopic (exact) mass is 460 g/mol. The highest BCUT2D eigenvalue weighted by Gasteiger charge is 2.39. The number of carbonyl (C=O) groups is 2. The highest BCUT2D eigenvalue weighted by Crippen LogP contribution is 2.35. The second kappa shape index (κ2) is 10.2. The Labute approximate surface area is 197 Å². The SMILES string of the molecule is CCOc1ccc(NC2=C(c3ccccc3)C(=O)N(Cc3ccc(F)cc3)C2=O)cc1OCC. The van der Waals surface area contributed by atoms with Gasteiger partial charge in [-0.2, -0.15) is 0 Å². The average molecular weight is 461 g/mol. The Bertz CT molecular complexity index is 1220. The molecular weight excluding hydrogens is 435 g/mol. The fourth-order valence-corrected chi connectivity index (χ4v) is 3.75. The fourth-order valence-electron chi connectivity index (χ4n) is 3.75. The van der Waals surface area contributed by atoms with Crippen LogP contribution in [0.1, 0.15) is 25.0 Å². The van der Waals surface area contributed by atoms with Crippen LogP contribution in [0.15, 0.2) is 78.5 Å². The number of halogens is 1. The smallest absolute Gasteiger partial charge is 0.278 e. The molecule has 1 aliphatic heterocycles. The molecule has 34 heavy (non-hydrogen) atoms. The molecule has 0 aliphatic carbocycles. The molecule has 3 aromatic rings. The molecule has 0 saturated carbocycles. The van der Waals surface area contributed by atoms with Crippen LogP contribution in [-0.2, 0) is 16.1 Å². The standard InChI is InChI=1S/C27H25FN2O4/c1-3-33-22-15-14-21(16-23(22)34-4-2)29-25-24(19-8-6-5-7-9-19)26(31)30(27(25)32)17-18-10-12-20(28)13-11-18/h5-16,29H,3-4,17H2,1-2H3. The molecule has 0 unspecified atom stereocenters. The minimum absolute atomic E-state index is 0.0347. The van der Waals surface area contributed by atoms with Crippen molar-refractivity contribution < 1.29 is 23.5 Å². The van der Waals surface area contributed by atoms with Crippen molar-refractivity contribution in [2.75, 3.05) is 18.5 Å². The maximum atomic E-state index is 13.4. The molecule has 1 N–H and O–H groups in total. The summed E-state index contributed by atoms with van der Waals surface area (Å²) in [7, 11) is 0. The third-order valence-electron chi connectivity index (χ3n) is 5.30. The number of ether oxygens (including phenoxy) is 2. The number of nitrogens with one attached hydrogen (secondary N) is 1. The van der Waals surface area contributed by atoms with Crippen molar-refractivity contribution in [1.82, 2.24) is 4.90 Å². The third-order valence-corrected chi connectivity index (χ3v) is 5.30. The van der Waals surface area contributed by atoms with Crippen molar-refractivity contribution in [2.45, 2.75) is 20.4 Å². The van der Waals surface area contributed by atoms with Crippen LogP contribution in [0.3, 0.4) is 0 Å². The van der Waals surface area contributed by atoms with Crippen molar-refractivity contribution in [3.05, 3.63) is 95.4 Å². The summed E-state index contributed by atoms with van der Waals surface area (Å²) in [6.07, 6.45) is 0. The predicted octanol–water partition coefficient (Wildman–Crippen LogP) is 5.02. The van der Waals surface area contributed by atoms with Crippen LogP contribution < -0.4 is 14.8 Å². The molecule has 0 fully saturated rings. The first kappa shape index (κ1) is 23.0. The number of amides is 2. The van der Waals surface area contributed by atoms with Gasteiger partial charge in [-0.25, -0.2) is 4.39 Å². The Morgan fingerprint density at radius 1 is 0.824 bits per heavy atom. The van der Waals surface area contributed by atoms with Gasteiger partial charge in [0.1, 0.15) is 11.5 Å². The molecule has 174 valence electrons. The van der Waals surface area contributed by atoms with Gasteiger partial charge in [0.25, 0.3) is 11.8 Å². The summed E-state index contributed by atoms with van der Waals surface area (Å²) in [6, 6.07) is 20.0. The van der Waals surface area contributed by atoms with Crippen LogP contribution >= 0.6 is 0 Å². The molecule has 0 spiro atoms. The molecule has 7 heteroatoms. The van der Waals surface area contributed by atoms with Crippen molar-refractivity contribution in [3.63, 3.8) is 0 Å². The van der Waals surface area contributed by atoms with Crippen LogP contribution in [0.4, 0.5) is 10.1 Å². The first-order chi connectivity index (χ1) is 16.5. The quantitative estimate of drug-likeness (QED) is 0.455. The summed E-state index contributed by atoms with van der Waals surface area (Å²) in [4.78, 5) is 28.0. The lowest BCUT2D eigenvalue weighted by atomic mass is 10.0. The summed E-state index contributed by atoms with van der Waals surface area (Å²) in [5, 5.41) is 3.13. The molecule has 0 bridgehead atoms. The highest BCUT2D eigenvalue weighted by atomic mass is 19.1. The molecule has 2 amide bonds. The van der Waals surface area contributed by atoms with Gasteiger partial charge in [-0.3, -0.25) is 14.5 Å². The third kappa shape index (κ3) is 4.78. The van der Waals surface area contributed by atoms with Gasteiger partial charge >= 0.3 is 0 Å². The van der Waals surface area contributed by atoms with Crippen LogP contribution in [-0.4, -0.2) is 29.9 Å². The van der Waals surface area contributed by atoms with Crippen LogP contribution in [0, 0.1) is 5.82 Å². The van der Waals surface area contributed by atoms with E-state index in [9.17, 15) is 14.0 Å². The van der Waals surface area contributed by atoms with E-state index in [1.54, 1.807) is 42.5 Å². The van der Waals surface area contributed by atoms with Gasteiger partial charge in [-0.1, -0.05) is 42.5 Å². The van der Waals surface area contributed by atoms with E-state index in [0.29, 0.717) is 41.5 Å². The van der Waals surface area contributed by atoms with Gasteiger partial charge in [0.05, 0.1) is 25.3 Å². The zero-order chi connectivity index (χ0) is 24.1. The number of imide groups is 1. The molecule has 0 atom stereocenters. The number of nitrogens with zero attached hydrogens (tertiary/aromatic N) is 1.